The topological polar surface area (TPSA) is 62.7 Å². The molecule has 0 bridgehead atoms. The summed E-state index contributed by atoms with van der Waals surface area (Å²) in [6, 6.07) is 9.11. The van der Waals surface area contributed by atoms with Crippen molar-refractivity contribution in [2.24, 2.45) is 0 Å². The first kappa shape index (κ1) is 19.9. The van der Waals surface area contributed by atoms with E-state index in [0.29, 0.717) is 17.5 Å². The van der Waals surface area contributed by atoms with E-state index in [1.54, 1.807) is 18.5 Å². The first-order valence-electron chi connectivity index (χ1n) is 10.7. The van der Waals surface area contributed by atoms with Gasteiger partial charge in [0.1, 0.15) is 0 Å². The van der Waals surface area contributed by atoms with Crippen LogP contribution in [0.4, 0.5) is 5.69 Å². The predicted molar refractivity (Wildman–Crippen MR) is 114 cm³/mol. The number of pyridine rings is 1. The van der Waals surface area contributed by atoms with Crippen molar-refractivity contribution >= 4 is 11.7 Å². The van der Waals surface area contributed by atoms with Crippen molar-refractivity contribution < 1.29 is 14.6 Å². The van der Waals surface area contributed by atoms with Gasteiger partial charge in [-0.2, -0.15) is 0 Å². The van der Waals surface area contributed by atoms with E-state index in [0.717, 1.165) is 50.9 Å². The number of aromatic nitrogens is 1. The van der Waals surface area contributed by atoms with Gasteiger partial charge in [0, 0.05) is 44.4 Å². The van der Waals surface area contributed by atoms with Crippen LogP contribution in [0.15, 0.2) is 36.7 Å². The number of rotatable bonds is 6. The van der Waals surface area contributed by atoms with Gasteiger partial charge in [-0.25, -0.2) is 4.79 Å². The van der Waals surface area contributed by atoms with Crippen LogP contribution >= 0.6 is 0 Å². The molecule has 4 rings (SSSR count). The normalized spacial score (nSPS) is 19.6. The lowest BCUT2D eigenvalue weighted by atomic mass is 9.79. The summed E-state index contributed by atoms with van der Waals surface area (Å²) < 4.78 is 5.51. The summed E-state index contributed by atoms with van der Waals surface area (Å²) in [5, 5.41) is 9.41. The van der Waals surface area contributed by atoms with Gasteiger partial charge in [-0.3, -0.25) is 4.98 Å². The van der Waals surface area contributed by atoms with Crippen LogP contribution in [0.5, 0.6) is 0 Å². The van der Waals surface area contributed by atoms with E-state index < -0.39 is 5.97 Å². The summed E-state index contributed by atoms with van der Waals surface area (Å²) in [6.45, 7) is 1.71. The number of aryl methyl sites for hydroxylation is 2. The van der Waals surface area contributed by atoms with E-state index in [9.17, 15) is 9.90 Å². The molecule has 2 heterocycles. The smallest absolute Gasteiger partial charge is 0.336 e. The largest absolute Gasteiger partial charge is 0.478 e. The Labute approximate surface area is 172 Å². The van der Waals surface area contributed by atoms with E-state index in [1.165, 1.54) is 29.7 Å². The van der Waals surface area contributed by atoms with Gasteiger partial charge >= 0.3 is 5.97 Å². The van der Waals surface area contributed by atoms with Crippen molar-refractivity contribution in [1.29, 1.82) is 0 Å². The van der Waals surface area contributed by atoms with Gasteiger partial charge < -0.3 is 14.7 Å². The summed E-state index contributed by atoms with van der Waals surface area (Å²) in [5.41, 5.74) is 5.42. The van der Waals surface area contributed by atoms with Gasteiger partial charge in [-0.1, -0.05) is 6.07 Å². The van der Waals surface area contributed by atoms with Crippen molar-refractivity contribution in [2.75, 3.05) is 25.2 Å². The minimum Gasteiger partial charge on any atom is -0.478 e. The zero-order valence-corrected chi connectivity index (χ0v) is 17.1. The molecule has 1 aliphatic heterocycles. The van der Waals surface area contributed by atoms with Crippen molar-refractivity contribution in [3.8, 4) is 0 Å². The maximum absolute atomic E-state index is 11.5. The van der Waals surface area contributed by atoms with Crippen molar-refractivity contribution in [1.82, 2.24) is 4.98 Å². The minimum absolute atomic E-state index is 0.379. The van der Waals surface area contributed by atoms with Crippen molar-refractivity contribution in [3.05, 3.63) is 58.9 Å². The Bertz CT molecular complexity index is 861. The molecule has 0 saturated carbocycles. The first-order valence-corrected chi connectivity index (χ1v) is 10.7. The minimum atomic E-state index is -0.868. The van der Waals surface area contributed by atoms with E-state index in [2.05, 4.69) is 35.1 Å². The molecular weight excluding hydrogens is 364 g/mol. The maximum Gasteiger partial charge on any atom is 0.336 e. The fraction of sp³-hybridized carbons (Fsp3) is 0.500. The number of anilines is 1. The van der Waals surface area contributed by atoms with Gasteiger partial charge in [0.25, 0.3) is 0 Å². The summed E-state index contributed by atoms with van der Waals surface area (Å²) in [5.74, 6) is -0.379. The Morgan fingerprint density at radius 3 is 2.86 bits per heavy atom. The molecule has 29 heavy (non-hydrogen) atoms. The number of aromatic carboxylic acids is 1. The fourth-order valence-electron chi connectivity index (χ4n) is 4.87. The van der Waals surface area contributed by atoms with E-state index in [1.807, 2.05) is 0 Å². The fourth-order valence-corrected chi connectivity index (χ4v) is 4.87. The average Bonchev–Trinajstić information content (AvgIpc) is 2.77. The molecule has 0 unspecified atom stereocenters. The van der Waals surface area contributed by atoms with Crippen LogP contribution in [-0.2, 0) is 17.6 Å². The SMILES string of the molecule is CN(c1ccc2c(c1)CCC[C@H]2CCc1cnccc1C(=O)O)C1CCOCC1. The third-order valence-electron chi connectivity index (χ3n) is 6.61. The molecule has 5 heteroatoms. The third kappa shape index (κ3) is 4.45. The quantitative estimate of drug-likeness (QED) is 0.784. The van der Waals surface area contributed by atoms with E-state index in [-0.39, 0.29) is 0 Å². The molecule has 2 aromatic rings. The van der Waals surface area contributed by atoms with Crippen LogP contribution < -0.4 is 4.90 Å². The second kappa shape index (κ2) is 8.95. The first-order chi connectivity index (χ1) is 14.1. The molecule has 1 fully saturated rings. The van der Waals surface area contributed by atoms with Gasteiger partial charge in [0.2, 0.25) is 0 Å². The van der Waals surface area contributed by atoms with Gasteiger partial charge in [-0.05, 0) is 85.8 Å². The van der Waals surface area contributed by atoms with Crippen LogP contribution in [-0.4, -0.2) is 42.4 Å². The molecule has 2 aliphatic rings. The Balaban J connectivity index is 1.48. The zero-order valence-electron chi connectivity index (χ0n) is 17.1. The summed E-state index contributed by atoms with van der Waals surface area (Å²) in [6.07, 6.45) is 10.7. The molecule has 1 aromatic carbocycles. The molecular formula is C24H30N2O3. The second-order valence-electron chi connectivity index (χ2n) is 8.30. The summed E-state index contributed by atoms with van der Waals surface area (Å²) in [4.78, 5) is 18.0. The maximum atomic E-state index is 11.5. The zero-order chi connectivity index (χ0) is 20.2. The molecule has 154 valence electrons. The lowest BCUT2D eigenvalue weighted by Crippen LogP contribution is -2.36. The van der Waals surface area contributed by atoms with Gasteiger partial charge in [0.15, 0.2) is 0 Å². The number of nitrogens with zero attached hydrogens (tertiary/aromatic N) is 2. The highest BCUT2D eigenvalue weighted by atomic mass is 16.5. The Morgan fingerprint density at radius 1 is 1.24 bits per heavy atom. The number of hydrogen-bond acceptors (Lipinski definition) is 4. The highest BCUT2D eigenvalue weighted by Crippen LogP contribution is 2.37. The highest BCUT2D eigenvalue weighted by molar-refractivity contribution is 5.89. The van der Waals surface area contributed by atoms with Crippen LogP contribution in [0.3, 0.4) is 0 Å². The van der Waals surface area contributed by atoms with Gasteiger partial charge in [0.05, 0.1) is 5.56 Å². The van der Waals surface area contributed by atoms with E-state index >= 15 is 0 Å². The number of carboxylic acids is 1. The molecule has 1 aromatic heterocycles. The van der Waals surface area contributed by atoms with Crippen LogP contribution in [0, 0.1) is 0 Å². The third-order valence-corrected chi connectivity index (χ3v) is 6.61. The lowest BCUT2D eigenvalue weighted by Gasteiger charge is -2.34. The predicted octanol–water partition coefficient (Wildman–Crippen LogP) is 4.45. The molecule has 0 amide bonds. The Hall–Kier alpha value is -2.40. The molecule has 1 aliphatic carbocycles. The highest BCUT2D eigenvalue weighted by Gasteiger charge is 2.24. The Morgan fingerprint density at radius 2 is 2.07 bits per heavy atom. The summed E-state index contributed by atoms with van der Waals surface area (Å²) in [7, 11) is 2.20. The molecule has 1 N–H and O–H groups in total. The second-order valence-corrected chi connectivity index (χ2v) is 8.30. The number of carboxylic acid groups (broad SMARTS) is 1. The molecule has 5 nitrogen and oxygen atoms in total. The number of fused-ring (bicyclic) bond motifs is 1. The van der Waals surface area contributed by atoms with Crippen molar-refractivity contribution in [2.45, 2.75) is 56.9 Å². The molecule has 1 saturated heterocycles. The lowest BCUT2D eigenvalue weighted by molar-refractivity contribution is 0.0695. The van der Waals surface area contributed by atoms with E-state index in [4.69, 9.17) is 4.74 Å². The number of hydrogen-bond donors (Lipinski definition) is 1. The van der Waals surface area contributed by atoms with Crippen LogP contribution in [0.25, 0.3) is 0 Å². The monoisotopic (exact) mass is 394 g/mol. The average molecular weight is 395 g/mol. The molecule has 0 spiro atoms. The van der Waals surface area contributed by atoms with Gasteiger partial charge in [-0.15, -0.1) is 0 Å². The number of benzene rings is 1. The molecule has 1 atom stereocenters. The summed E-state index contributed by atoms with van der Waals surface area (Å²) >= 11 is 0. The Kier molecular flexibility index (Phi) is 6.14. The van der Waals surface area contributed by atoms with Crippen LogP contribution in [0.1, 0.15) is 65.1 Å². The van der Waals surface area contributed by atoms with Crippen LogP contribution in [0.2, 0.25) is 0 Å². The number of ether oxygens (including phenoxy) is 1. The standard InChI is InChI=1S/C24H30N2O3/c1-26(20-10-13-29-14-11-20)21-7-8-22-17(3-2-4-18(22)15-21)5-6-19-16-25-12-9-23(19)24(27)28/h7-9,12,15-17,20H,2-6,10-11,13-14H2,1H3,(H,27,28)/t17-/m0/s1. The molecule has 0 radical (unpaired) electrons. The van der Waals surface area contributed by atoms with Crippen molar-refractivity contribution in [3.63, 3.8) is 0 Å². The number of carbonyl (C=O) groups is 1.